The zero-order chi connectivity index (χ0) is 17.0. The van der Waals surface area contributed by atoms with Gasteiger partial charge in [-0.2, -0.15) is 0 Å². The highest BCUT2D eigenvalue weighted by Crippen LogP contribution is 2.41. The van der Waals surface area contributed by atoms with Crippen LogP contribution in [-0.2, 0) is 0 Å². The van der Waals surface area contributed by atoms with E-state index in [-0.39, 0.29) is 17.7 Å². The third kappa shape index (κ3) is 2.04. The van der Waals surface area contributed by atoms with Crippen LogP contribution in [0.3, 0.4) is 0 Å². The lowest BCUT2D eigenvalue weighted by Gasteiger charge is -2.19. The van der Waals surface area contributed by atoms with E-state index in [0.717, 1.165) is 33.6 Å². The van der Waals surface area contributed by atoms with E-state index in [2.05, 4.69) is 15.4 Å². The van der Waals surface area contributed by atoms with Gasteiger partial charge in [-0.15, -0.1) is 5.10 Å². The fourth-order valence-electron chi connectivity index (χ4n) is 3.46. The van der Waals surface area contributed by atoms with Gasteiger partial charge < -0.3 is 16.2 Å². The number of hydrogen-bond donors (Lipinski definition) is 3. The summed E-state index contributed by atoms with van der Waals surface area (Å²) < 4.78 is 1.78. The Morgan fingerprint density at radius 1 is 1.04 bits per heavy atom. The first-order valence-electron chi connectivity index (χ1n) is 8.00. The number of rotatable bonds is 1. The Kier molecular flexibility index (Phi) is 2.76. The molecule has 0 aliphatic carbocycles. The fourth-order valence-corrected chi connectivity index (χ4v) is 3.46. The molecule has 4 N–H and O–H groups in total. The smallest absolute Gasteiger partial charge is 0.238 e. The number of anilines is 2. The number of benzene rings is 2. The third-order valence-electron chi connectivity index (χ3n) is 4.58. The van der Waals surface area contributed by atoms with Crippen LogP contribution in [0.25, 0.3) is 16.8 Å². The van der Waals surface area contributed by atoms with Gasteiger partial charge >= 0.3 is 0 Å². The number of nitrogen functional groups attached to an aromatic ring is 1. The summed E-state index contributed by atoms with van der Waals surface area (Å²) in [5, 5.41) is 17.5. The van der Waals surface area contributed by atoms with Crippen LogP contribution in [0.2, 0.25) is 0 Å². The van der Waals surface area contributed by atoms with Crippen molar-refractivity contribution >= 4 is 17.2 Å². The molecule has 6 nitrogen and oxygen atoms in total. The Morgan fingerprint density at radius 3 is 2.68 bits per heavy atom. The van der Waals surface area contributed by atoms with Crippen LogP contribution in [0.4, 0.5) is 11.6 Å². The molecule has 2 aromatic heterocycles. The van der Waals surface area contributed by atoms with E-state index in [1.54, 1.807) is 16.6 Å². The minimum absolute atomic E-state index is 0.0831. The maximum Gasteiger partial charge on any atom is 0.238 e. The van der Waals surface area contributed by atoms with Crippen LogP contribution in [0.1, 0.15) is 17.2 Å². The maximum absolute atomic E-state index is 9.61. The fraction of sp³-hybridized carbons (Fsp3) is 0.0526. The quantitative estimate of drug-likeness (QED) is 0.499. The normalized spacial score (nSPS) is 15.4. The van der Waals surface area contributed by atoms with E-state index < -0.39 is 0 Å². The van der Waals surface area contributed by atoms with Crippen molar-refractivity contribution in [2.45, 2.75) is 6.04 Å². The molecule has 0 saturated heterocycles. The average molecular weight is 329 g/mol. The number of nitrogens with two attached hydrogens (primary N) is 1. The first-order chi connectivity index (χ1) is 12.2. The lowest BCUT2D eigenvalue weighted by molar-refractivity contribution is 0.475. The predicted molar refractivity (Wildman–Crippen MR) is 96.4 cm³/mol. The summed E-state index contributed by atoms with van der Waals surface area (Å²) in [4.78, 5) is 4.51. The Bertz CT molecular complexity index is 1100. The minimum Gasteiger partial charge on any atom is -0.508 e. The van der Waals surface area contributed by atoms with Gasteiger partial charge in [0.25, 0.3) is 0 Å². The van der Waals surface area contributed by atoms with E-state index in [9.17, 15) is 5.11 Å². The molecule has 0 amide bonds. The van der Waals surface area contributed by atoms with E-state index in [0.29, 0.717) is 0 Å². The van der Waals surface area contributed by atoms with Gasteiger partial charge in [-0.3, -0.25) is 0 Å². The zero-order valence-electron chi connectivity index (χ0n) is 13.2. The maximum atomic E-state index is 9.61. The monoisotopic (exact) mass is 329 g/mol. The molecule has 6 heteroatoms. The summed E-state index contributed by atoms with van der Waals surface area (Å²) in [5.74, 6) is 0.485. The van der Waals surface area contributed by atoms with E-state index in [1.807, 2.05) is 48.7 Å². The number of hydrogen-bond acceptors (Lipinski definition) is 5. The number of aromatic hydroxyl groups is 1. The Labute approximate surface area is 143 Å². The van der Waals surface area contributed by atoms with E-state index in [1.165, 1.54) is 0 Å². The van der Waals surface area contributed by atoms with E-state index >= 15 is 0 Å². The van der Waals surface area contributed by atoms with Gasteiger partial charge in [0, 0.05) is 23.0 Å². The molecular formula is C19H15N5O. The van der Waals surface area contributed by atoms with Crippen LogP contribution in [0.5, 0.6) is 5.75 Å². The van der Waals surface area contributed by atoms with Crippen LogP contribution in [-0.4, -0.2) is 19.7 Å². The lowest BCUT2D eigenvalue weighted by Crippen LogP contribution is -2.11. The Hall–Kier alpha value is -3.54. The number of aromatic nitrogens is 3. The molecule has 5 rings (SSSR count). The minimum atomic E-state index is -0.0831. The summed E-state index contributed by atoms with van der Waals surface area (Å²) in [7, 11) is 0. The summed E-state index contributed by atoms with van der Waals surface area (Å²) in [5.41, 5.74) is 11.7. The average Bonchev–Trinajstić information content (AvgIpc) is 2.97. The molecule has 1 aliphatic heterocycles. The van der Waals surface area contributed by atoms with Crippen molar-refractivity contribution in [1.82, 2.24) is 14.6 Å². The molecule has 0 saturated carbocycles. The Morgan fingerprint density at radius 2 is 1.84 bits per heavy atom. The van der Waals surface area contributed by atoms with Crippen LogP contribution < -0.4 is 11.1 Å². The van der Waals surface area contributed by atoms with Crippen molar-refractivity contribution in [1.29, 1.82) is 0 Å². The third-order valence-corrected chi connectivity index (χ3v) is 4.58. The number of phenolic OH excluding ortho intramolecular Hbond substituents is 1. The van der Waals surface area contributed by atoms with Crippen molar-refractivity contribution in [3.8, 4) is 17.0 Å². The molecule has 25 heavy (non-hydrogen) atoms. The van der Waals surface area contributed by atoms with Crippen molar-refractivity contribution in [3.63, 3.8) is 0 Å². The summed E-state index contributed by atoms with van der Waals surface area (Å²) in [6.07, 6.45) is 1.90. The second kappa shape index (κ2) is 4.98. The van der Waals surface area contributed by atoms with Crippen molar-refractivity contribution in [3.05, 3.63) is 71.9 Å². The molecule has 0 fully saturated rings. The molecule has 0 spiro atoms. The second-order valence-electron chi connectivity index (χ2n) is 6.10. The van der Waals surface area contributed by atoms with Crippen molar-refractivity contribution in [2.24, 2.45) is 0 Å². The second-order valence-corrected chi connectivity index (χ2v) is 6.10. The summed E-state index contributed by atoms with van der Waals surface area (Å²) in [6.45, 7) is 0. The van der Waals surface area contributed by atoms with Gasteiger partial charge in [-0.25, -0.2) is 9.50 Å². The summed E-state index contributed by atoms with van der Waals surface area (Å²) >= 11 is 0. The van der Waals surface area contributed by atoms with Gasteiger partial charge in [0.2, 0.25) is 5.95 Å². The summed E-state index contributed by atoms with van der Waals surface area (Å²) in [6, 6.07) is 17.2. The topological polar surface area (TPSA) is 88.5 Å². The molecule has 2 aromatic carbocycles. The molecule has 1 aliphatic rings. The zero-order valence-corrected chi connectivity index (χ0v) is 13.2. The highest BCUT2D eigenvalue weighted by molar-refractivity contribution is 5.90. The Balaban J connectivity index is 1.84. The first kappa shape index (κ1) is 13.9. The van der Waals surface area contributed by atoms with Crippen LogP contribution >= 0.6 is 0 Å². The number of nitrogens with one attached hydrogen (secondary N) is 1. The van der Waals surface area contributed by atoms with Gasteiger partial charge in [0.15, 0.2) is 0 Å². The van der Waals surface area contributed by atoms with Crippen LogP contribution in [0, 0.1) is 0 Å². The van der Waals surface area contributed by atoms with Crippen LogP contribution in [0.15, 0.2) is 60.8 Å². The molecule has 0 bridgehead atoms. The predicted octanol–water partition coefficient (Wildman–Crippen LogP) is 3.20. The van der Waals surface area contributed by atoms with Gasteiger partial charge in [-0.1, -0.05) is 30.3 Å². The molecule has 4 aromatic rings. The standard InChI is InChI=1S/C19H15N5O/c20-19-22-17-13-3-1-2-4-15(13)21-16(11-5-7-12(25)8-6-11)14-9-10-24(23-19)18(14)17/h1-10,16,21,25H,(H2,20,23). The van der Waals surface area contributed by atoms with Crippen molar-refractivity contribution in [2.75, 3.05) is 11.1 Å². The lowest BCUT2D eigenvalue weighted by atomic mass is 9.99. The van der Waals surface area contributed by atoms with Gasteiger partial charge in [0.05, 0.1) is 11.6 Å². The molecule has 1 unspecified atom stereocenters. The number of para-hydroxylation sites is 1. The largest absolute Gasteiger partial charge is 0.508 e. The van der Waals surface area contributed by atoms with Gasteiger partial charge in [0.1, 0.15) is 11.4 Å². The number of fused-ring (bicyclic) bond motifs is 2. The van der Waals surface area contributed by atoms with Gasteiger partial charge in [-0.05, 0) is 29.8 Å². The molecule has 0 radical (unpaired) electrons. The number of nitrogens with zero attached hydrogens (tertiary/aromatic N) is 3. The number of phenols is 1. The molecular weight excluding hydrogens is 314 g/mol. The van der Waals surface area contributed by atoms with E-state index in [4.69, 9.17) is 5.73 Å². The first-order valence-corrected chi connectivity index (χ1v) is 8.00. The molecule has 122 valence electrons. The highest BCUT2D eigenvalue weighted by atomic mass is 16.3. The highest BCUT2D eigenvalue weighted by Gasteiger charge is 2.26. The molecule has 1 atom stereocenters. The SMILES string of the molecule is Nc1nc2c3c(ccn3n1)C(c1ccc(O)cc1)Nc1ccccc1-2. The van der Waals surface area contributed by atoms with Crippen molar-refractivity contribution < 1.29 is 5.11 Å². The molecule has 3 heterocycles.